The van der Waals surface area contributed by atoms with Crippen molar-refractivity contribution in [2.75, 3.05) is 13.1 Å². The van der Waals surface area contributed by atoms with Gasteiger partial charge in [0.25, 0.3) is 0 Å². The average molecular weight is 463 g/mol. The zero-order chi connectivity index (χ0) is 24.0. The maximum atomic E-state index is 13.5. The summed E-state index contributed by atoms with van der Waals surface area (Å²) in [5, 5.41) is 3.27. The van der Waals surface area contributed by atoms with Gasteiger partial charge in [0.05, 0.1) is 11.0 Å². The lowest BCUT2D eigenvalue weighted by molar-refractivity contribution is -0.154. The summed E-state index contributed by atoms with van der Waals surface area (Å²) in [5.74, 6) is 0.877. The largest absolute Gasteiger partial charge is 0.416 e. The Morgan fingerprint density at radius 2 is 1.88 bits per heavy atom. The van der Waals surface area contributed by atoms with Gasteiger partial charge in [0, 0.05) is 11.6 Å². The van der Waals surface area contributed by atoms with Gasteiger partial charge in [-0.1, -0.05) is 12.1 Å². The van der Waals surface area contributed by atoms with Crippen LogP contribution in [0.4, 0.5) is 13.2 Å². The number of nitrogens with one attached hydrogen (secondary N) is 1. The molecule has 1 aromatic carbocycles. The lowest BCUT2D eigenvalue weighted by Crippen LogP contribution is -2.61. The lowest BCUT2D eigenvalue weighted by atomic mass is 9.50. The van der Waals surface area contributed by atoms with E-state index in [1.807, 2.05) is 26.8 Å². The van der Waals surface area contributed by atoms with Crippen LogP contribution in [0.3, 0.4) is 0 Å². The number of aryl methyl sites for hydroxylation is 1. The zero-order valence-electron chi connectivity index (χ0n) is 20.1. The van der Waals surface area contributed by atoms with Gasteiger partial charge in [0.2, 0.25) is 5.91 Å². The van der Waals surface area contributed by atoms with Gasteiger partial charge in [0.15, 0.2) is 0 Å². The molecular weight excluding hydrogens is 425 g/mol. The number of carbonyl (C=O) groups is 1. The third-order valence-electron chi connectivity index (χ3n) is 8.21. The van der Waals surface area contributed by atoms with E-state index in [4.69, 9.17) is 0 Å². The highest BCUT2D eigenvalue weighted by Gasteiger charge is 2.57. The molecule has 1 aliphatic heterocycles. The van der Waals surface area contributed by atoms with Crippen molar-refractivity contribution in [2.45, 2.75) is 83.5 Å². The maximum absolute atomic E-state index is 13.5. The summed E-state index contributed by atoms with van der Waals surface area (Å²) in [5.41, 5.74) is 0.758. The van der Waals surface area contributed by atoms with Crippen molar-refractivity contribution in [2.24, 2.45) is 17.3 Å². The number of piperidine rings is 1. The van der Waals surface area contributed by atoms with Crippen LogP contribution in [-0.2, 0) is 17.4 Å². The Balaban J connectivity index is 1.47. The number of halogens is 3. The van der Waals surface area contributed by atoms with Crippen LogP contribution in [0.5, 0.6) is 0 Å². The summed E-state index contributed by atoms with van der Waals surface area (Å²) in [6, 6.07) is 4.44. The second kappa shape index (κ2) is 8.75. The summed E-state index contributed by atoms with van der Waals surface area (Å²) in [6.45, 7) is 11.8. The minimum Gasteiger partial charge on any atom is -0.351 e. The summed E-state index contributed by atoms with van der Waals surface area (Å²) < 4.78 is 39.3. The number of fused-ring (bicyclic) bond motifs is 1. The predicted molar refractivity (Wildman–Crippen MR) is 125 cm³/mol. The molecular formula is C27H37F3N2O. The first-order valence-electron chi connectivity index (χ1n) is 12.3. The summed E-state index contributed by atoms with van der Waals surface area (Å²) in [7, 11) is 0. The quantitative estimate of drug-likeness (QED) is 0.522. The van der Waals surface area contributed by atoms with E-state index < -0.39 is 11.7 Å². The number of likely N-dealkylation sites (tertiary alicyclic amines) is 1. The molecule has 0 radical (unpaired) electrons. The maximum Gasteiger partial charge on any atom is 0.416 e. The van der Waals surface area contributed by atoms with E-state index in [0.717, 1.165) is 62.7 Å². The first-order chi connectivity index (χ1) is 15.5. The Morgan fingerprint density at radius 3 is 2.42 bits per heavy atom. The third kappa shape index (κ3) is 4.60. The van der Waals surface area contributed by atoms with Crippen molar-refractivity contribution in [3.63, 3.8) is 0 Å². The number of benzene rings is 1. The van der Waals surface area contributed by atoms with Crippen molar-refractivity contribution < 1.29 is 18.0 Å². The first kappa shape index (κ1) is 24.3. The number of amides is 1. The Morgan fingerprint density at radius 1 is 1.18 bits per heavy atom. The molecule has 0 bridgehead atoms. The molecule has 2 fully saturated rings. The summed E-state index contributed by atoms with van der Waals surface area (Å²) in [4.78, 5) is 15.9. The molecule has 1 amide bonds. The van der Waals surface area contributed by atoms with Crippen LogP contribution in [0.1, 0.15) is 82.0 Å². The number of nitrogens with zero attached hydrogens (tertiary/aromatic N) is 1. The first-order valence-corrected chi connectivity index (χ1v) is 12.3. The molecule has 1 saturated carbocycles. The molecule has 0 aromatic heterocycles. The van der Waals surface area contributed by atoms with E-state index in [1.165, 1.54) is 12.1 Å². The standard InChI is InChI=1S/C27H37F3N2O/c1-5-6-19-11-14-26(19,24(33)31-25(2,3)4)20-12-15-32(16-13-20)23-10-7-18-17-21(27(28,29)30)8-9-22(18)23/h5,8-9,17,19-20,23H,1,6-7,10-16H2,2-4H3,(H,31,33). The van der Waals surface area contributed by atoms with Crippen LogP contribution in [0.2, 0.25) is 0 Å². The van der Waals surface area contributed by atoms with Gasteiger partial charge in [-0.2, -0.15) is 13.2 Å². The average Bonchev–Trinajstić information content (AvgIpc) is 3.13. The minimum absolute atomic E-state index is 0.188. The van der Waals surface area contributed by atoms with Gasteiger partial charge in [0.1, 0.15) is 0 Å². The van der Waals surface area contributed by atoms with Crippen LogP contribution in [-0.4, -0.2) is 29.4 Å². The number of carbonyl (C=O) groups excluding carboxylic acids is 1. The van der Waals surface area contributed by atoms with E-state index in [9.17, 15) is 18.0 Å². The normalized spacial score (nSPS) is 28.8. The molecule has 1 aromatic rings. The van der Waals surface area contributed by atoms with Crippen LogP contribution in [0.15, 0.2) is 30.9 Å². The minimum atomic E-state index is -4.29. The van der Waals surface area contributed by atoms with E-state index in [1.54, 1.807) is 6.07 Å². The molecule has 3 atom stereocenters. The van der Waals surface area contributed by atoms with Crippen molar-refractivity contribution in [3.8, 4) is 0 Å². The fraction of sp³-hybridized carbons (Fsp3) is 0.667. The molecule has 2 aliphatic carbocycles. The van der Waals surface area contributed by atoms with Gasteiger partial charge in [-0.3, -0.25) is 9.69 Å². The van der Waals surface area contributed by atoms with Gasteiger partial charge in [-0.15, -0.1) is 6.58 Å². The number of alkyl halides is 3. The van der Waals surface area contributed by atoms with E-state index in [2.05, 4.69) is 16.8 Å². The fourth-order valence-corrected chi connectivity index (χ4v) is 6.54. The molecule has 33 heavy (non-hydrogen) atoms. The van der Waals surface area contributed by atoms with Crippen molar-refractivity contribution >= 4 is 5.91 Å². The van der Waals surface area contributed by atoms with Crippen molar-refractivity contribution in [1.29, 1.82) is 0 Å². The number of allylic oxidation sites excluding steroid dienone is 1. The lowest BCUT2D eigenvalue weighted by Gasteiger charge is -2.55. The van der Waals surface area contributed by atoms with Gasteiger partial charge >= 0.3 is 6.18 Å². The van der Waals surface area contributed by atoms with Crippen LogP contribution >= 0.6 is 0 Å². The monoisotopic (exact) mass is 462 g/mol. The van der Waals surface area contributed by atoms with Gasteiger partial charge in [-0.25, -0.2) is 0 Å². The van der Waals surface area contributed by atoms with Crippen molar-refractivity contribution in [3.05, 3.63) is 47.5 Å². The predicted octanol–water partition coefficient (Wildman–Crippen LogP) is 6.29. The fourth-order valence-electron chi connectivity index (χ4n) is 6.54. The second-order valence-corrected chi connectivity index (χ2v) is 11.3. The van der Waals surface area contributed by atoms with Gasteiger partial charge < -0.3 is 5.32 Å². The smallest absolute Gasteiger partial charge is 0.351 e. The Kier molecular flexibility index (Phi) is 6.45. The molecule has 6 heteroatoms. The van der Waals surface area contributed by atoms with E-state index in [-0.39, 0.29) is 22.9 Å². The van der Waals surface area contributed by atoms with E-state index in [0.29, 0.717) is 18.3 Å². The second-order valence-electron chi connectivity index (χ2n) is 11.3. The zero-order valence-corrected chi connectivity index (χ0v) is 20.1. The van der Waals surface area contributed by atoms with Crippen molar-refractivity contribution in [1.82, 2.24) is 10.2 Å². The number of hydrogen-bond donors (Lipinski definition) is 1. The molecule has 3 nitrogen and oxygen atoms in total. The van der Waals surface area contributed by atoms with Crippen LogP contribution in [0.25, 0.3) is 0 Å². The highest BCUT2D eigenvalue weighted by molar-refractivity contribution is 5.85. The van der Waals surface area contributed by atoms with Gasteiger partial charge in [-0.05, 0) is 114 Å². The molecule has 3 aliphatic rings. The molecule has 1 heterocycles. The molecule has 1 saturated heterocycles. The molecule has 1 N–H and O–H groups in total. The Bertz CT molecular complexity index is 896. The Labute approximate surface area is 195 Å². The topological polar surface area (TPSA) is 32.3 Å². The third-order valence-corrected chi connectivity index (χ3v) is 8.21. The summed E-state index contributed by atoms with van der Waals surface area (Å²) >= 11 is 0. The Hall–Kier alpha value is -1.82. The molecule has 0 spiro atoms. The molecule has 182 valence electrons. The SMILES string of the molecule is C=CCC1CCC1(C(=O)NC(C)(C)C)C1CCN(C2CCc3cc(C(F)(F)F)ccc32)CC1. The molecule has 3 unspecified atom stereocenters. The van der Waals surface area contributed by atoms with E-state index >= 15 is 0 Å². The highest BCUT2D eigenvalue weighted by atomic mass is 19.4. The number of hydrogen-bond acceptors (Lipinski definition) is 2. The van der Waals surface area contributed by atoms with Crippen LogP contribution < -0.4 is 5.32 Å². The summed E-state index contributed by atoms with van der Waals surface area (Å²) in [6.07, 6.45) is 4.01. The molecule has 4 rings (SSSR count). The highest BCUT2D eigenvalue weighted by Crippen LogP contribution is 2.57. The van der Waals surface area contributed by atoms with Crippen LogP contribution in [0, 0.1) is 17.3 Å². The number of rotatable bonds is 5.